The summed E-state index contributed by atoms with van der Waals surface area (Å²) in [5.74, 6) is -2.20. The Morgan fingerprint density at radius 2 is 1.61 bits per heavy atom. The van der Waals surface area contributed by atoms with Crippen LogP contribution >= 0.6 is 12.6 Å². The Morgan fingerprint density at radius 1 is 1.04 bits per heavy atom. The van der Waals surface area contributed by atoms with Crippen LogP contribution in [0.4, 0.5) is 0 Å². The van der Waals surface area contributed by atoms with Gasteiger partial charge < -0.3 is 20.8 Å². The average molecular weight is 411 g/mol. The highest BCUT2D eigenvalue weighted by Gasteiger charge is 2.31. The first-order valence-electron chi connectivity index (χ1n) is 9.36. The first-order chi connectivity index (χ1) is 13.1. The minimum atomic E-state index is -1.18. The summed E-state index contributed by atoms with van der Waals surface area (Å²) in [6, 6.07) is 4.07. The van der Waals surface area contributed by atoms with Crippen molar-refractivity contribution in [1.29, 1.82) is 0 Å². The molecule has 0 saturated heterocycles. The molecule has 0 saturated carbocycles. The maximum absolute atomic E-state index is 12.7. The lowest BCUT2D eigenvalue weighted by atomic mass is 9.99. The number of carbonyl (C=O) groups excluding carboxylic acids is 2. The van der Waals surface area contributed by atoms with Gasteiger partial charge in [0.1, 0.15) is 17.8 Å². The molecule has 4 atom stereocenters. The van der Waals surface area contributed by atoms with E-state index in [1.807, 2.05) is 13.8 Å². The summed E-state index contributed by atoms with van der Waals surface area (Å²) in [6.45, 7) is 7.41. The maximum Gasteiger partial charge on any atom is 0.326 e. The number of aliphatic carboxylic acids is 1. The van der Waals surface area contributed by atoms with E-state index in [4.69, 9.17) is 0 Å². The number of amides is 2. The van der Waals surface area contributed by atoms with E-state index in [-0.39, 0.29) is 29.9 Å². The second kappa shape index (κ2) is 10.9. The van der Waals surface area contributed by atoms with Crippen LogP contribution in [0.1, 0.15) is 39.7 Å². The van der Waals surface area contributed by atoms with Crippen molar-refractivity contribution in [1.82, 2.24) is 10.6 Å². The molecule has 156 valence electrons. The first-order valence-corrected chi connectivity index (χ1v) is 9.87. The normalized spacial score (nSPS) is 15.4. The molecule has 1 aromatic rings. The zero-order valence-corrected chi connectivity index (χ0v) is 17.6. The largest absolute Gasteiger partial charge is 0.508 e. The molecule has 1 aromatic carbocycles. The van der Waals surface area contributed by atoms with Crippen molar-refractivity contribution in [2.75, 3.05) is 0 Å². The number of benzene rings is 1. The van der Waals surface area contributed by atoms with E-state index in [9.17, 15) is 24.6 Å². The minimum absolute atomic E-state index is 0.0421. The lowest BCUT2D eigenvalue weighted by molar-refractivity contribution is -0.142. The molecule has 0 aliphatic rings. The van der Waals surface area contributed by atoms with Crippen molar-refractivity contribution in [3.63, 3.8) is 0 Å². The first kappa shape index (κ1) is 23.8. The molecule has 28 heavy (non-hydrogen) atoms. The van der Waals surface area contributed by atoms with E-state index in [2.05, 4.69) is 23.3 Å². The van der Waals surface area contributed by atoms with Gasteiger partial charge in [-0.25, -0.2) is 4.79 Å². The molecular weight excluding hydrogens is 380 g/mol. The van der Waals surface area contributed by atoms with Gasteiger partial charge in [-0.05, 0) is 29.5 Å². The summed E-state index contributed by atoms with van der Waals surface area (Å²) in [5, 5.41) is 23.5. The highest BCUT2D eigenvalue weighted by atomic mass is 32.1. The topological polar surface area (TPSA) is 116 Å². The van der Waals surface area contributed by atoms with Gasteiger partial charge in [0.15, 0.2) is 0 Å². The Bertz CT molecular complexity index is 678. The SMILES string of the molecule is CCC(C)C(S)C(=O)N[C@H](C(=O)N[C@@H](Cc1ccc(O)cc1)C(=O)O)C(C)C. The van der Waals surface area contributed by atoms with Crippen LogP contribution in [-0.2, 0) is 20.8 Å². The van der Waals surface area contributed by atoms with E-state index in [1.54, 1.807) is 26.0 Å². The van der Waals surface area contributed by atoms with Crippen LogP contribution in [0.2, 0.25) is 0 Å². The average Bonchev–Trinajstić information content (AvgIpc) is 2.65. The number of hydrogen-bond acceptors (Lipinski definition) is 5. The summed E-state index contributed by atoms with van der Waals surface area (Å²) in [5.41, 5.74) is 0.655. The summed E-state index contributed by atoms with van der Waals surface area (Å²) in [6.07, 6.45) is 0.829. The second-order valence-corrected chi connectivity index (χ2v) is 7.89. The standard InChI is InChI=1S/C20H30N2O5S/c1-5-12(4)17(28)19(25)22-16(11(2)3)18(24)21-15(20(26)27)10-13-6-8-14(23)9-7-13/h6-9,11-12,15-17,23,28H,5,10H2,1-4H3,(H,21,24)(H,22,25)(H,26,27)/t12?,15-,16-,17?/m0/s1. The summed E-state index contributed by atoms with van der Waals surface area (Å²) >= 11 is 4.33. The van der Waals surface area contributed by atoms with Gasteiger partial charge in [0.05, 0.1) is 5.25 Å². The predicted molar refractivity (Wildman–Crippen MR) is 110 cm³/mol. The number of phenols is 1. The number of rotatable bonds is 10. The molecule has 2 unspecified atom stereocenters. The number of aromatic hydroxyl groups is 1. The van der Waals surface area contributed by atoms with Gasteiger partial charge in [-0.3, -0.25) is 9.59 Å². The van der Waals surface area contributed by atoms with Crippen LogP contribution in [0.5, 0.6) is 5.75 Å². The fourth-order valence-electron chi connectivity index (χ4n) is 2.58. The van der Waals surface area contributed by atoms with Crippen LogP contribution in [0.15, 0.2) is 24.3 Å². The maximum atomic E-state index is 12.7. The molecular formula is C20H30N2O5S. The smallest absolute Gasteiger partial charge is 0.326 e. The third-order valence-electron chi connectivity index (χ3n) is 4.69. The van der Waals surface area contributed by atoms with Crippen LogP contribution in [0.25, 0.3) is 0 Å². The van der Waals surface area contributed by atoms with Crippen molar-refractivity contribution < 1.29 is 24.6 Å². The molecule has 1 rings (SSSR count). The van der Waals surface area contributed by atoms with E-state index in [1.165, 1.54) is 12.1 Å². The number of thiol groups is 1. The zero-order valence-electron chi connectivity index (χ0n) is 16.7. The fraction of sp³-hybridized carbons (Fsp3) is 0.550. The van der Waals surface area contributed by atoms with Gasteiger partial charge in [0.25, 0.3) is 0 Å². The molecule has 0 aromatic heterocycles. The Labute approximate surface area is 171 Å². The zero-order chi connectivity index (χ0) is 21.4. The molecule has 8 heteroatoms. The molecule has 0 heterocycles. The Balaban J connectivity index is 2.85. The summed E-state index contributed by atoms with van der Waals surface area (Å²) in [7, 11) is 0. The number of carbonyl (C=O) groups is 3. The number of hydrogen-bond donors (Lipinski definition) is 5. The number of phenolic OH excluding ortho intramolecular Hbond substituents is 1. The van der Waals surface area contributed by atoms with E-state index >= 15 is 0 Å². The molecule has 0 bridgehead atoms. The number of nitrogens with one attached hydrogen (secondary N) is 2. The van der Waals surface area contributed by atoms with Crippen LogP contribution < -0.4 is 10.6 Å². The molecule has 0 aliphatic carbocycles. The summed E-state index contributed by atoms with van der Waals surface area (Å²) < 4.78 is 0. The van der Waals surface area contributed by atoms with Crippen molar-refractivity contribution in [2.45, 2.75) is 57.9 Å². The lowest BCUT2D eigenvalue weighted by Crippen LogP contribution is -2.55. The predicted octanol–water partition coefficient (Wildman–Crippen LogP) is 1.99. The molecule has 0 fully saturated rings. The van der Waals surface area contributed by atoms with Gasteiger partial charge in [-0.15, -0.1) is 0 Å². The van der Waals surface area contributed by atoms with Gasteiger partial charge in [0, 0.05) is 6.42 Å². The van der Waals surface area contributed by atoms with Gasteiger partial charge in [0.2, 0.25) is 11.8 Å². The lowest BCUT2D eigenvalue weighted by Gasteiger charge is -2.26. The Morgan fingerprint density at radius 3 is 2.07 bits per heavy atom. The third-order valence-corrected chi connectivity index (χ3v) is 5.43. The van der Waals surface area contributed by atoms with Crippen molar-refractivity contribution in [2.24, 2.45) is 11.8 Å². The number of carboxylic acids is 1. The molecule has 4 N–H and O–H groups in total. The molecule has 0 radical (unpaired) electrons. The highest BCUT2D eigenvalue weighted by Crippen LogP contribution is 2.15. The van der Waals surface area contributed by atoms with E-state index in [0.29, 0.717) is 5.56 Å². The molecule has 2 amide bonds. The van der Waals surface area contributed by atoms with Crippen LogP contribution in [0.3, 0.4) is 0 Å². The Hall–Kier alpha value is -2.22. The van der Waals surface area contributed by atoms with Crippen molar-refractivity contribution in [3.8, 4) is 5.75 Å². The molecule has 0 spiro atoms. The van der Waals surface area contributed by atoms with E-state index in [0.717, 1.165) is 6.42 Å². The van der Waals surface area contributed by atoms with Crippen molar-refractivity contribution >= 4 is 30.4 Å². The molecule has 0 aliphatic heterocycles. The van der Waals surface area contributed by atoms with Gasteiger partial charge in [-0.1, -0.05) is 46.2 Å². The van der Waals surface area contributed by atoms with Crippen molar-refractivity contribution in [3.05, 3.63) is 29.8 Å². The van der Waals surface area contributed by atoms with E-state index < -0.39 is 29.2 Å². The molecule has 7 nitrogen and oxygen atoms in total. The summed E-state index contributed by atoms with van der Waals surface area (Å²) in [4.78, 5) is 36.7. The Kier molecular flexibility index (Phi) is 9.31. The highest BCUT2D eigenvalue weighted by molar-refractivity contribution is 7.81. The van der Waals surface area contributed by atoms with Crippen LogP contribution in [0, 0.1) is 11.8 Å². The fourth-order valence-corrected chi connectivity index (χ4v) is 2.87. The third kappa shape index (κ3) is 7.07. The van der Waals surface area contributed by atoms with Gasteiger partial charge in [-0.2, -0.15) is 12.6 Å². The minimum Gasteiger partial charge on any atom is -0.508 e. The quantitative estimate of drug-likeness (QED) is 0.378. The van der Waals surface area contributed by atoms with Gasteiger partial charge >= 0.3 is 5.97 Å². The van der Waals surface area contributed by atoms with Crippen LogP contribution in [-0.4, -0.2) is 45.3 Å². The number of carboxylic acid groups (broad SMARTS) is 1. The second-order valence-electron chi connectivity index (χ2n) is 7.33. The monoisotopic (exact) mass is 410 g/mol.